The first-order valence-corrected chi connectivity index (χ1v) is 13.8. The van der Waals surface area contributed by atoms with Crippen molar-refractivity contribution in [2.24, 2.45) is 11.3 Å². The van der Waals surface area contributed by atoms with Crippen LogP contribution in [0.2, 0.25) is 0 Å². The second kappa shape index (κ2) is 9.11. The van der Waals surface area contributed by atoms with E-state index in [1.54, 1.807) is 6.07 Å². The maximum Gasteiger partial charge on any atom is 0.307 e. The zero-order valence-electron chi connectivity index (χ0n) is 22.4. The summed E-state index contributed by atoms with van der Waals surface area (Å²) in [5.41, 5.74) is 8.18. The van der Waals surface area contributed by atoms with Gasteiger partial charge in [-0.05, 0) is 115 Å². The second-order valence-electron chi connectivity index (χ2n) is 12.1. The number of carboxylic acid groups (broad SMARTS) is 1. The van der Waals surface area contributed by atoms with E-state index in [-0.39, 0.29) is 22.6 Å². The molecule has 2 atom stereocenters. The molecule has 0 bridgehead atoms. The van der Waals surface area contributed by atoms with Crippen molar-refractivity contribution < 1.29 is 19.0 Å². The monoisotopic (exact) mass is 510 g/mol. The largest absolute Gasteiger partial charge is 0.489 e. The van der Waals surface area contributed by atoms with Gasteiger partial charge in [0, 0.05) is 11.0 Å². The Morgan fingerprint density at radius 1 is 1.03 bits per heavy atom. The molecule has 0 radical (unpaired) electrons. The minimum Gasteiger partial charge on any atom is -0.489 e. The van der Waals surface area contributed by atoms with Crippen LogP contribution in [0.15, 0.2) is 60.7 Å². The van der Waals surface area contributed by atoms with E-state index in [2.05, 4.69) is 38.1 Å². The predicted molar refractivity (Wildman–Crippen MR) is 149 cm³/mol. The van der Waals surface area contributed by atoms with Gasteiger partial charge in [-0.25, -0.2) is 4.39 Å². The third-order valence-corrected chi connectivity index (χ3v) is 9.10. The van der Waals surface area contributed by atoms with E-state index in [4.69, 9.17) is 4.74 Å². The minimum atomic E-state index is -0.689. The number of rotatable bonds is 6. The lowest BCUT2D eigenvalue weighted by molar-refractivity contribution is -0.139. The SMILES string of the molecule is Cc1ccc(F)c(-c2ccc(COc3ccc4c(c3)[C@]3(CCC4)C[C@H]3C(=O)O)cc2C2=CCCC2(C)C)c1. The average molecular weight is 511 g/mol. The predicted octanol–water partition coefficient (Wildman–Crippen LogP) is 8.26. The van der Waals surface area contributed by atoms with E-state index < -0.39 is 5.97 Å². The smallest absolute Gasteiger partial charge is 0.307 e. The van der Waals surface area contributed by atoms with Crippen molar-refractivity contribution in [1.29, 1.82) is 0 Å². The molecule has 3 aromatic rings. The molecule has 1 N–H and O–H groups in total. The van der Waals surface area contributed by atoms with Gasteiger partial charge in [0.1, 0.15) is 18.2 Å². The fraction of sp³-hybridized carbons (Fsp3) is 0.382. The van der Waals surface area contributed by atoms with Crippen LogP contribution in [0.4, 0.5) is 4.39 Å². The molecule has 3 aromatic carbocycles. The maximum atomic E-state index is 15.0. The number of aliphatic carboxylic acids is 1. The van der Waals surface area contributed by atoms with E-state index in [1.165, 1.54) is 11.1 Å². The van der Waals surface area contributed by atoms with Crippen LogP contribution in [0.3, 0.4) is 0 Å². The highest BCUT2D eigenvalue weighted by Gasteiger charge is 2.60. The molecule has 196 valence electrons. The maximum absolute atomic E-state index is 15.0. The molecule has 4 heteroatoms. The molecule has 3 aliphatic carbocycles. The van der Waals surface area contributed by atoms with Gasteiger partial charge >= 0.3 is 5.97 Å². The number of carboxylic acids is 1. The summed E-state index contributed by atoms with van der Waals surface area (Å²) in [7, 11) is 0. The molecule has 0 unspecified atom stereocenters. The highest BCUT2D eigenvalue weighted by Crippen LogP contribution is 2.60. The average Bonchev–Trinajstić information content (AvgIpc) is 3.50. The Morgan fingerprint density at radius 3 is 2.61 bits per heavy atom. The van der Waals surface area contributed by atoms with Crippen molar-refractivity contribution in [2.75, 3.05) is 0 Å². The fourth-order valence-electron chi connectivity index (χ4n) is 6.87. The summed E-state index contributed by atoms with van der Waals surface area (Å²) in [5, 5.41) is 9.65. The van der Waals surface area contributed by atoms with Crippen molar-refractivity contribution in [1.82, 2.24) is 0 Å². The molecule has 0 saturated heterocycles. The lowest BCUT2D eigenvalue weighted by atomic mass is 9.78. The Balaban J connectivity index is 1.31. The minimum absolute atomic E-state index is 0.0201. The number of benzene rings is 3. The number of fused-ring (bicyclic) bond motifs is 2. The highest BCUT2D eigenvalue weighted by molar-refractivity contribution is 5.85. The zero-order valence-corrected chi connectivity index (χ0v) is 22.4. The molecule has 6 rings (SSSR count). The number of hydrogen-bond donors (Lipinski definition) is 1. The molecule has 38 heavy (non-hydrogen) atoms. The van der Waals surface area contributed by atoms with Gasteiger partial charge in [-0.2, -0.15) is 0 Å². The number of hydrogen-bond acceptors (Lipinski definition) is 2. The van der Waals surface area contributed by atoms with Gasteiger partial charge in [-0.3, -0.25) is 4.79 Å². The fourth-order valence-corrected chi connectivity index (χ4v) is 6.87. The summed E-state index contributed by atoms with van der Waals surface area (Å²) >= 11 is 0. The number of carbonyl (C=O) groups is 1. The van der Waals surface area contributed by atoms with Gasteiger partial charge < -0.3 is 9.84 Å². The van der Waals surface area contributed by atoms with Crippen LogP contribution in [-0.4, -0.2) is 11.1 Å². The Hall–Kier alpha value is -3.40. The Morgan fingerprint density at radius 2 is 1.87 bits per heavy atom. The summed E-state index contributed by atoms with van der Waals surface area (Å²) in [6, 6.07) is 17.7. The number of halogens is 1. The first kappa shape index (κ1) is 24.9. The van der Waals surface area contributed by atoms with Crippen LogP contribution < -0.4 is 4.74 Å². The molecule has 0 aliphatic heterocycles. The molecular formula is C34H35FO3. The van der Waals surface area contributed by atoms with Crippen LogP contribution in [-0.2, 0) is 23.2 Å². The summed E-state index contributed by atoms with van der Waals surface area (Å²) in [4.78, 5) is 11.7. The number of ether oxygens (including phenoxy) is 1. The number of aryl methyl sites for hydroxylation is 2. The molecule has 1 spiro atoms. The van der Waals surface area contributed by atoms with Crippen LogP contribution in [0, 0.1) is 24.1 Å². The van der Waals surface area contributed by atoms with Crippen LogP contribution in [0.25, 0.3) is 16.7 Å². The first-order chi connectivity index (χ1) is 18.2. The van der Waals surface area contributed by atoms with Crippen LogP contribution in [0.5, 0.6) is 5.75 Å². The summed E-state index contributed by atoms with van der Waals surface area (Å²) < 4.78 is 21.3. The molecule has 0 aromatic heterocycles. The molecule has 3 nitrogen and oxygen atoms in total. The van der Waals surface area contributed by atoms with E-state index >= 15 is 0 Å². The van der Waals surface area contributed by atoms with E-state index in [0.29, 0.717) is 12.2 Å². The van der Waals surface area contributed by atoms with Gasteiger partial charge in [-0.15, -0.1) is 0 Å². The first-order valence-electron chi connectivity index (χ1n) is 13.8. The topological polar surface area (TPSA) is 46.5 Å². The van der Waals surface area contributed by atoms with Crippen molar-refractivity contribution in [2.45, 2.75) is 71.3 Å². The number of allylic oxidation sites excluding steroid dienone is 2. The van der Waals surface area contributed by atoms with Crippen molar-refractivity contribution in [3.8, 4) is 16.9 Å². The standard InChI is InChI=1S/C34H35FO3/c1-21-8-13-31(35)27(16-21)25-12-9-22(17-26(25)28-7-5-14-33(28,2)3)20-38-24-11-10-23-6-4-15-34(29(23)18-24)19-30(34)32(36)37/h7-13,16-18,30H,4-6,14-15,19-20H2,1-3H3,(H,36,37)/t30-,34-/m0/s1. The lowest BCUT2D eigenvalue weighted by Gasteiger charge is -2.27. The molecule has 1 fully saturated rings. The van der Waals surface area contributed by atoms with E-state index in [1.807, 2.05) is 37.3 Å². The summed E-state index contributed by atoms with van der Waals surface area (Å²) in [6.45, 7) is 6.91. The quantitative estimate of drug-likeness (QED) is 0.363. The van der Waals surface area contributed by atoms with Crippen molar-refractivity contribution in [3.05, 3.63) is 94.3 Å². The summed E-state index contributed by atoms with van der Waals surface area (Å²) in [5.74, 6) is -0.403. The zero-order chi connectivity index (χ0) is 26.7. The highest BCUT2D eigenvalue weighted by atomic mass is 19.1. The van der Waals surface area contributed by atoms with Crippen LogP contribution >= 0.6 is 0 Å². The summed E-state index contributed by atoms with van der Waals surface area (Å²) in [6.07, 6.45) is 8.10. The lowest BCUT2D eigenvalue weighted by Crippen LogP contribution is -2.21. The molecule has 0 amide bonds. The Bertz CT molecular complexity index is 1470. The van der Waals surface area contributed by atoms with Gasteiger partial charge in [0.15, 0.2) is 0 Å². The van der Waals surface area contributed by atoms with E-state index in [0.717, 1.165) is 72.1 Å². The van der Waals surface area contributed by atoms with Crippen molar-refractivity contribution >= 4 is 11.5 Å². The van der Waals surface area contributed by atoms with Crippen molar-refractivity contribution in [3.63, 3.8) is 0 Å². The van der Waals surface area contributed by atoms with E-state index in [9.17, 15) is 14.3 Å². The molecule has 3 aliphatic rings. The van der Waals surface area contributed by atoms with Crippen LogP contribution in [0.1, 0.15) is 73.8 Å². The molecular weight excluding hydrogens is 475 g/mol. The van der Waals surface area contributed by atoms with Gasteiger partial charge in [0.25, 0.3) is 0 Å². The van der Waals surface area contributed by atoms with Gasteiger partial charge in [0.05, 0.1) is 5.92 Å². The third-order valence-electron chi connectivity index (χ3n) is 9.10. The van der Waals surface area contributed by atoms with Gasteiger partial charge in [0.2, 0.25) is 0 Å². The normalized spacial score (nSPS) is 23.2. The molecule has 0 heterocycles. The Labute approximate surface area is 224 Å². The van der Waals surface area contributed by atoms with Gasteiger partial charge in [-0.1, -0.05) is 49.8 Å². The third kappa shape index (κ3) is 4.24. The molecule has 1 saturated carbocycles. The second-order valence-corrected chi connectivity index (χ2v) is 12.1. The Kier molecular flexibility index (Phi) is 5.97.